The number of halogens is 1. The molecule has 28 heavy (non-hydrogen) atoms. The highest BCUT2D eigenvalue weighted by Gasteiger charge is 2.11. The second kappa shape index (κ2) is 9.67. The lowest BCUT2D eigenvalue weighted by atomic mass is 10.1. The molecule has 0 aromatic heterocycles. The number of nitrogens with two attached hydrogens (primary N) is 1. The van der Waals surface area contributed by atoms with Crippen molar-refractivity contribution in [1.29, 1.82) is 0 Å². The zero-order valence-corrected chi connectivity index (χ0v) is 17.4. The predicted octanol–water partition coefficient (Wildman–Crippen LogP) is 1.62. The molecule has 0 heterocycles. The monoisotopic (exact) mass is 470 g/mol. The van der Waals surface area contributed by atoms with Crippen molar-refractivity contribution < 1.29 is 27.5 Å². The van der Waals surface area contributed by atoms with Crippen LogP contribution >= 0.6 is 15.9 Å². The molecule has 0 aliphatic heterocycles. The summed E-state index contributed by atoms with van der Waals surface area (Å²) in [5, 5.41) is 7.75. The van der Waals surface area contributed by atoms with Crippen LogP contribution in [0.25, 0.3) is 0 Å². The smallest absolute Gasteiger partial charge is 0.337 e. The number of nitrogens with one attached hydrogen (secondary N) is 1. The van der Waals surface area contributed by atoms with Gasteiger partial charge in [0.05, 0.1) is 22.0 Å². The van der Waals surface area contributed by atoms with Crippen LogP contribution < -0.4 is 15.2 Å². The molecule has 150 valence electrons. The molecular formula is C18H19BrN2O6S. The molecule has 0 radical (unpaired) electrons. The summed E-state index contributed by atoms with van der Waals surface area (Å²) >= 11 is 3.28. The van der Waals surface area contributed by atoms with Gasteiger partial charge in [0.25, 0.3) is 5.91 Å². The van der Waals surface area contributed by atoms with Gasteiger partial charge >= 0.3 is 5.97 Å². The molecule has 0 saturated carbocycles. The lowest BCUT2D eigenvalue weighted by molar-refractivity contribution is -0.123. The Morgan fingerprint density at radius 1 is 1.14 bits per heavy atom. The third-order valence-corrected chi connectivity index (χ3v) is 5.25. The van der Waals surface area contributed by atoms with Crippen LogP contribution in [-0.4, -0.2) is 40.6 Å². The number of ether oxygens (including phenoxy) is 2. The Kier molecular flexibility index (Phi) is 7.55. The van der Waals surface area contributed by atoms with Gasteiger partial charge in [-0.25, -0.2) is 18.4 Å². The first kappa shape index (κ1) is 21.9. The van der Waals surface area contributed by atoms with Crippen molar-refractivity contribution in [3.63, 3.8) is 0 Å². The van der Waals surface area contributed by atoms with E-state index in [-0.39, 0.29) is 17.4 Å². The highest BCUT2D eigenvalue weighted by atomic mass is 79.9. The molecule has 2 rings (SSSR count). The van der Waals surface area contributed by atoms with Gasteiger partial charge < -0.3 is 14.8 Å². The van der Waals surface area contributed by atoms with Crippen LogP contribution in [0.15, 0.2) is 51.8 Å². The van der Waals surface area contributed by atoms with Crippen molar-refractivity contribution in [3.8, 4) is 5.75 Å². The first-order valence-electron chi connectivity index (χ1n) is 8.10. The van der Waals surface area contributed by atoms with Gasteiger partial charge in [0, 0.05) is 6.54 Å². The highest BCUT2D eigenvalue weighted by molar-refractivity contribution is 9.10. The van der Waals surface area contributed by atoms with Gasteiger partial charge in [0.1, 0.15) is 5.75 Å². The van der Waals surface area contributed by atoms with Crippen LogP contribution in [0.4, 0.5) is 0 Å². The van der Waals surface area contributed by atoms with Crippen LogP contribution in [-0.2, 0) is 26.0 Å². The number of amides is 1. The fraction of sp³-hybridized carbons (Fsp3) is 0.222. The molecule has 0 saturated heterocycles. The Balaban J connectivity index is 1.79. The summed E-state index contributed by atoms with van der Waals surface area (Å²) in [6.45, 7) is 0.167. The zero-order valence-electron chi connectivity index (χ0n) is 15.0. The van der Waals surface area contributed by atoms with Crippen molar-refractivity contribution in [2.24, 2.45) is 5.14 Å². The van der Waals surface area contributed by atoms with Gasteiger partial charge in [-0.3, -0.25) is 4.79 Å². The summed E-state index contributed by atoms with van der Waals surface area (Å²) < 4.78 is 33.0. The van der Waals surface area contributed by atoms with E-state index in [1.165, 1.54) is 25.3 Å². The highest BCUT2D eigenvalue weighted by Crippen LogP contribution is 2.26. The molecule has 0 aliphatic carbocycles. The number of hydrogen-bond donors (Lipinski definition) is 2. The number of methoxy groups -OCH3 is 1. The van der Waals surface area contributed by atoms with Crippen molar-refractivity contribution in [3.05, 3.63) is 58.1 Å². The summed E-state index contributed by atoms with van der Waals surface area (Å²) in [5.74, 6) is -0.367. The summed E-state index contributed by atoms with van der Waals surface area (Å²) in [7, 11) is -2.42. The van der Waals surface area contributed by atoms with Gasteiger partial charge in [-0.1, -0.05) is 12.1 Å². The van der Waals surface area contributed by atoms with Gasteiger partial charge in [-0.15, -0.1) is 0 Å². The number of sulfonamides is 1. The van der Waals surface area contributed by atoms with E-state index in [4.69, 9.17) is 9.88 Å². The average molecular weight is 471 g/mol. The normalized spacial score (nSPS) is 11.0. The molecule has 10 heteroatoms. The number of rotatable bonds is 8. The van der Waals surface area contributed by atoms with Crippen LogP contribution in [0.2, 0.25) is 0 Å². The van der Waals surface area contributed by atoms with Crippen LogP contribution in [0.5, 0.6) is 5.75 Å². The topological polar surface area (TPSA) is 125 Å². The Hall–Kier alpha value is -2.43. The van der Waals surface area contributed by atoms with E-state index in [2.05, 4.69) is 26.0 Å². The molecule has 0 unspecified atom stereocenters. The minimum Gasteiger partial charge on any atom is -0.483 e. The first-order chi connectivity index (χ1) is 13.2. The fourth-order valence-corrected chi connectivity index (χ4v) is 3.26. The van der Waals surface area contributed by atoms with Gasteiger partial charge in [0.2, 0.25) is 10.0 Å². The zero-order chi connectivity index (χ0) is 20.7. The summed E-state index contributed by atoms with van der Waals surface area (Å²) in [5.41, 5.74) is 1.22. The number of hydrogen-bond acceptors (Lipinski definition) is 6. The summed E-state index contributed by atoms with van der Waals surface area (Å²) in [6, 6.07) is 10.8. The largest absolute Gasteiger partial charge is 0.483 e. The van der Waals surface area contributed by atoms with E-state index < -0.39 is 16.0 Å². The molecule has 0 atom stereocenters. The molecule has 0 fully saturated rings. The van der Waals surface area contributed by atoms with Crippen molar-refractivity contribution in [1.82, 2.24) is 5.32 Å². The third-order valence-electron chi connectivity index (χ3n) is 3.70. The number of carbonyl (C=O) groups excluding carboxylic acids is 2. The molecule has 3 N–H and O–H groups in total. The average Bonchev–Trinajstić information content (AvgIpc) is 2.66. The molecule has 1 amide bonds. The molecule has 0 aliphatic rings. The SMILES string of the molecule is COC(=O)c1ccc(OCC(=O)NCCc2ccc(S(N)(=O)=O)cc2)c(Br)c1. The number of carbonyl (C=O) groups is 2. The number of esters is 1. The minimum atomic E-state index is -3.72. The van der Waals surface area contributed by atoms with E-state index >= 15 is 0 Å². The van der Waals surface area contributed by atoms with Crippen LogP contribution in [0.1, 0.15) is 15.9 Å². The Labute approximate surface area is 171 Å². The van der Waals surface area contributed by atoms with Crippen molar-refractivity contribution in [2.45, 2.75) is 11.3 Å². The van der Waals surface area contributed by atoms with Gasteiger partial charge in [-0.05, 0) is 58.2 Å². The van der Waals surface area contributed by atoms with Crippen LogP contribution in [0.3, 0.4) is 0 Å². The second-order valence-corrected chi connectivity index (χ2v) is 8.13. The fourth-order valence-electron chi connectivity index (χ4n) is 2.25. The van der Waals surface area contributed by atoms with E-state index in [1.54, 1.807) is 24.3 Å². The third kappa shape index (κ3) is 6.32. The van der Waals surface area contributed by atoms with Gasteiger partial charge in [0.15, 0.2) is 6.61 Å². The maximum atomic E-state index is 11.9. The van der Waals surface area contributed by atoms with E-state index in [9.17, 15) is 18.0 Å². The molecule has 8 nitrogen and oxygen atoms in total. The number of benzene rings is 2. The maximum Gasteiger partial charge on any atom is 0.337 e. The van der Waals surface area contributed by atoms with E-state index in [1.807, 2.05) is 0 Å². The lowest BCUT2D eigenvalue weighted by Crippen LogP contribution is -2.30. The van der Waals surface area contributed by atoms with Crippen molar-refractivity contribution in [2.75, 3.05) is 20.3 Å². The number of primary sulfonamides is 1. The lowest BCUT2D eigenvalue weighted by Gasteiger charge is -2.10. The van der Waals surface area contributed by atoms with E-state index in [0.29, 0.717) is 28.8 Å². The minimum absolute atomic E-state index is 0.0393. The first-order valence-corrected chi connectivity index (χ1v) is 10.4. The Morgan fingerprint density at radius 2 is 1.82 bits per heavy atom. The molecule has 0 bridgehead atoms. The van der Waals surface area contributed by atoms with Crippen LogP contribution in [0, 0.1) is 0 Å². The predicted molar refractivity (Wildman–Crippen MR) is 106 cm³/mol. The molecule has 2 aromatic carbocycles. The quantitative estimate of drug-likeness (QED) is 0.564. The summed E-state index contributed by atoms with van der Waals surface area (Å²) in [4.78, 5) is 23.4. The Bertz CT molecular complexity index is 961. The second-order valence-electron chi connectivity index (χ2n) is 5.71. The van der Waals surface area contributed by atoms with Crippen molar-refractivity contribution >= 4 is 37.8 Å². The molecule has 2 aromatic rings. The van der Waals surface area contributed by atoms with Gasteiger partial charge in [-0.2, -0.15) is 0 Å². The summed E-state index contributed by atoms with van der Waals surface area (Å²) in [6.07, 6.45) is 0.522. The standard InChI is InChI=1S/C18H19BrN2O6S/c1-26-18(23)13-4-7-16(15(19)10-13)27-11-17(22)21-9-8-12-2-5-14(6-3-12)28(20,24)25/h2-7,10H,8-9,11H2,1H3,(H,21,22)(H2,20,24,25). The van der Waals surface area contributed by atoms with E-state index in [0.717, 1.165) is 5.56 Å². The molecule has 0 spiro atoms. The molecular weight excluding hydrogens is 452 g/mol. The maximum absolute atomic E-state index is 11.9. The Morgan fingerprint density at radius 3 is 2.39 bits per heavy atom.